The van der Waals surface area contributed by atoms with Gasteiger partial charge in [0.2, 0.25) is 0 Å². The first-order valence-corrected chi connectivity index (χ1v) is 4.49. The van der Waals surface area contributed by atoms with Crippen LogP contribution < -0.4 is 0 Å². The van der Waals surface area contributed by atoms with Crippen molar-refractivity contribution in [1.29, 1.82) is 0 Å². The molecule has 1 unspecified atom stereocenters. The third kappa shape index (κ3) is 2.08. The Morgan fingerprint density at radius 3 is 3.07 bits per heavy atom. The van der Waals surface area contributed by atoms with Crippen molar-refractivity contribution in [3.05, 3.63) is 28.8 Å². The van der Waals surface area contributed by atoms with Gasteiger partial charge in [0.05, 0.1) is 23.7 Å². The van der Waals surface area contributed by atoms with Gasteiger partial charge in [-0.2, -0.15) is 0 Å². The van der Waals surface area contributed by atoms with Crippen molar-refractivity contribution in [2.45, 2.75) is 12.5 Å². The molecule has 74 valence electrons. The number of nitrogens with zero attached hydrogens (tertiary/aromatic N) is 1. The van der Waals surface area contributed by atoms with E-state index in [0.29, 0.717) is 6.61 Å². The average Bonchev–Trinajstić information content (AvgIpc) is 2.92. The Balaban J connectivity index is 2.11. The van der Waals surface area contributed by atoms with Gasteiger partial charge in [-0.3, -0.25) is 9.78 Å². The van der Waals surface area contributed by atoms with Crippen molar-refractivity contribution in [3.8, 4) is 0 Å². The fourth-order valence-electron chi connectivity index (χ4n) is 1.09. The normalized spacial score (nSPS) is 19.4. The fourth-order valence-corrected chi connectivity index (χ4v) is 1.23. The van der Waals surface area contributed by atoms with Gasteiger partial charge >= 0.3 is 0 Å². The van der Waals surface area contributed by atoms with E-state index in [-0.39, 0.29) is 29.0 Å². The molecule has 1 fully saturated rings. The number of epoxide rings is 1. The first kappa shape index (κ1) is 9.55. The Morgan fingerprint density at radius 2 is 2.50 bits per heavy atom. The molecule has 0 saturated carbocycles. The summed E-state index contributed by atoms with van der Waals surface area (Å²) in [4.78, 5) is 15.0. The van der Waals surface area contributed by atoms with E-state index in [0.717, 1.165) is 6.07 Å². The summed E-state index contributed by atoms with van der Waals surface area (Å²) in [5.41, 5.74) is 0.120. The molecule has 2 rings (SSSR count). The van der Waals surface area contributed by atoms with Crippen molar-refractivity contribution in [2.24, 2.45) is 0 Å². The molecule has 0 bridgehead atoms. The maximum Gasteiger partial charge on any atom is 0.169 e. The van der Waals surface area contributed by atoms with E-state index < -0.39 is 5.82 Å². The summed E-state index contributed by atoms with van der Waals surface area (Å²) in [5.74, 6) is -0.690. The molecule has 0 aromatic carbocycles. The molecule has 1 atom stereocenters. The van der Waals surface area contributed by atoms with Crippen molar-refractivity contribution < 1.29 is 13.9 Å². The van der Waals surface area contributed by atoms with Crippen LogP contribution in [0.1, 0.15) is 5.69 Å². The SMILES string of the molecule is O=C(Cc1ncc(Cl)cc1F)C1CO1. The number of pyridine rings is 1. The van der Waals surface area contributed by atoms with Crippen molar-refractivity contribution in [3.63, 3.8) is 0 Å². The van der Waals surface area contributed by atoms with Gasteiger partial charge < -0.3 is 4.74 Å². The average molecular weight is 216 g/mol. The Labute approximate surface area is 84.8 Å². The lowest BCUT2D eigenvalue weighted by atomic mass is 10.1. The van der Waals surface area contributed by atoms with Gasteiger partial charge in [-0.1, -0.05) is 11.6 Å². The molecule has 1 aliphatic heterocycles. The highest BCUT2D eigenvalue weighted by Gasteiger charge is 2.31. The molecule has 3 nitrogen and oxygen atoms in total. The van der Waals surface area contributed by atoms with E-state index in [9.17, 15) is 9.18 Å². The minimum Gasteiger partial charge on any atom is -0.365 e. The van der Waals surface area contributed by atoms with Crippen LogP contribution in [0.5, 0.6) is 0 Å². The number of halogens is 2. The molecule has 1 aromatic rings. The maximum atomic E-state index is 13.2. The summed E-state index contributed by atoms with van der Waals surface area (Å²) >= 11 is 5.52. The number of carbonyl (C=O) groups excluding carboxylic acids is 1. The van der Waals surface area contributed by atoms with Crippen molar-refractivity contribution in [2.75, 3.05) is 6.61 Å². The zero-order valence-electron chi connectivity index (χ0n) is 7.17. The van der Waals surface area contributed by atoms with Gasteiger partial charge in [-0.15, -0.1) is 0 Å². The molecule has 1 aromatic heterocycles. The van der Waals surface area contributed by atoms with Crippen LogP contribution in [-0.2, 0) is 16.0 Å². The zero-order chi connectivity index (χ0) is 10.1. The van der Waals surface area contributed by atoms with Crippen LogP contribution in [0.3, 0.4) is 0 Å². The van der Waals surface area contributed by atoms with E-state index >= 15 is 0 Å². The molecular weight excluding hydrogens is 209 g/mol. The number of rotatable bonds is 3. The minimum atomic E-state index is -0.550. The Bertz CT molecular complexity index is 379. The van der Waals surface area contributed by atoms with Crippen LogP contribution in [-0.4, -0.2) is 23.5 Å². The highest BCUT2D eigenvalue weighted by atomic mass is 35.5. The third-order valence-corrected chi connectivity index (χ3v) is 2.12. The smallest absolute Gasteiger partial charge is 0.169 e. The summed E-state index contributed by atoms with van der Waals surface area (Å²) in [7, 11) is 0. The second-order valence-corrected chi connectivity index (χ2v) is 3.48. The van der Waals surface area contributed by atoms with E-state index in [1.807, 2.05) is 0 Å². The topological polar surface area (TPSA) is 42.5 Å². The Kier molecular flexibility index (Phi) is 2.48. The molecule has 1 aliphatic rings. The van der Waals surface area contributed by atoms with Gasteiger partial charge in [0.1, 0.15) is 11.9 Å². The third-order valence-electron chi connectivity index (χ3n) is 1.92. The summed E-state index contributed by atoms with van der Waals surface area (Å²) in [6.45, 7) is 0.439. The van der Waals surface area contributed by atoms with Crippen molar-refractivity contribution in [1.82, 2.24) is 4.98 Å². The molecule has 0 aliphatic carbocycles. The lowest BCUT2D eigenvalue weighted by molar-refractivity contribution is -0.119. The molecular formula is C9H7ClFNO2. The summed E-state index contributed by atoms with van der Waals surface area (Å²) in [6.07, 6.45) is 0.932. The highest BCUT2D eigenvalue weighted by molar-refractivity contribution is 6.30. The van der Waals surface area contributed by atoms with E-state index in [1.54, 1.807) is 0 Å². The molecule has 2 heterocycles. The van der Waals surface area contributed by atoms with E-state index in [2.05, 4.69) is 4.98 Å². The van der Waals surface area contributed by atoms with Crippen LogP contribution in [0.2, 0.25) is 5.02 Å². The van der Waals surface area contributed by atoms with Gasteiger partial charge in [-0.25, -0.2) is 4.39 Å². The number of carbonyl (C=O) groups is 1. The number of hydrogen-bond acceptors (Lipinski definition) is 3. The largest absolute Gasteiger partial charge is 0.365 e. The van der Waals surface area contributed by atoms with Gasteiger partial charge in [-0.05, 0) is 6.07 Å². The number of ketones is 1. The van der Waals surface area contributed by atoms with Crippen LogP contribution >= 0.6 is 11.6 Å². The van der Waals surface area contributed by atoms with Crippen LogP contribution in [0, 0.1) is 5.82 Å². The number of ether oxygens (including phenoxy) is 1. The zero-order valence-corrected chi connectivity index (χ0v) is 7.92. The molecule has 0 N–H and O–H groups in total. The second-order valence-electron chi connectivity index (χ2n) is 3.05. The van der Waals surface area contributed by atoms with Crippen LogP contribution in [0.25, 0.3) is 0 Å². The summed E-state index contributed by atoms with van der Waals surface area (Å²) < 4.78 is 17.9. The summed E-state index contributed by atoms with van der Waals surface area (Å²) in [5, 5.41) is 0.223. The second kappa shape index (κ2) is 3.63. The number of aromatic nitrogens is 1. The quantitative estimate of drug-likeness (QED) is 0.716. The van der Waals surface area contributed by atoms with E-state index in [4.69, 9.17) is 16.3 Å². The van der Waals surface area contributed by atoms with Crippen molar-refractivity contribution >= 4 is 17.4 Å². The lowest BCUT2D eigenvalue weighted by Crippen LogP contribution is -2.12. The number of Topliss-reactive ketones (excluding diaryl/α,β-unsaturated/α-hetero) is 1. The molecule has 0 spiro atoms. The predicted octanol–water partition coefficient (Wildman–Crippen LogP) is 1.38. The monoisotopic (exact) mass is 215 g/mol. The van der Waals surface area contributed by atoms with Gasteiger partial charge in [0.15, 0.2) is 5.78 Å². The highest BCUT2D eigenvalue weighted by Crippen LogP contribution is 2.16. The minimum absolute atomic E-state index is 0.0341. The maximum absolute atomic E-state index is 13.2. The summed E-state index contributed by atoms with van der Waals surface area (Å²) in [6, 6.07) is 1.14. The molecule has 5 heteroatoms. The van der Waals surface area contributed by atoms with Gasteiger partial charge in [0.25, 0.3) is 0 Å². The van der Waals surface area contributed by atoms with Gasteiger partial charge in [0, 0.05) is 6.20 Å². The molecule has 0 radical (unpaired) electrons. The van der Waals surface area contributed by atoms with Crippen LogP contribution in [0.15, 0.2) is 12.3 Å². The number of hydrogen-bond donors (Lipinski definition) is 0. The molecule has 14 heavy (non-hydrogen) atoms. The Morgan fingerprint density at radius 1 is 1.79 bits per heavy atom. The van der Waals surface area contributed by atoms with E-state index in [1.165, 1.54) is 6.20 Å². The fraction of sp³-hybridized carbons (Fsp3) is 0.333. The van der Waals surface area contributed by atoms with Crippen LogP contribution in [0.4, 0.5) is 4.39 Å². The molecule has 0 amide bonds. The lowest BCUT2D eigenvalue weighted by Gasteiger charge is -1.99. The first-order chi connectivity index (χ1) is 6.66. The molecule has 1 saturated heterocycles. The Hall–Kier alpha value is -1.00. The predicted molar refractivity (Wildman–Crippen MR) is 47.7 cm³/mol. The first-order valence-electron chi connectivity index (χ1n) is 4.11. The standard InChI is InChI=1S/C9H7ClFNO2/c10-5-1-6(11)7(12-3-5)2-8(13)9-4-14-9/h1,3,9H,2,4H2.